The molecule has 34 heavy (non-hydrogen) atoms. The van der Waals surface area contributed by atoms with Gasteiger partial charge in [0.2, 0.25) is 5.91 Å². The molecule has 0 saturated carbocycles. The average molecular weight is 468 g/mol. The van der Waals surface area contributed by atoms with E-state index in [-0.39, 0.29) is 18.9 Å². The van der Waals surface area contributed by atoms with Gasteiger partial charge in [-0.1, -0.05) is 30.3 Å². The largest absolute Gasteiger partial charge is 0.489 e. The number of rotatable bonds is 9. The van der Waals surface area contributed by atoms with Crippen LogP contribution in [0, 0.1) is 0 Å². The number of benzene rings is 2. The predicted octanol–water partition coefficient (Wildman–Crippen LogP) is 1.47. The Kier molecular flexibility index (Phi) is 7.44. The molecule has 2 aromatic carbocycles. The van der Waals surface area contributed by atoms with Gasteiger partial charge in [-0.2, -0.15) is 0 Å². The molecule has 9 nitrogen and oxygen atoms in total. The summed E-state index contributed by atoms with van der Waals surface area (Å²) in [6.45, 7) is 4.79. The molecule has 0 spiro atoms. The third-order valence-corrected chi connectivity index (χ3v) is 6.12. The van der Waals surface area contributed by atoms with Gasteiger partial charge in [-0.15, -0.1) is 0 Å². The maximum atomic E-state index is 13.0. The Labute approximate surface area is 198 Å². The van der Waals surface area contributed by atoms with Gasteiger partial charge in [0.05, 0.1) is 33.3 Å². The highest BCUT2D eigenvalue weighted by Gasteiger charge is 2.39. The lowest BCUT2D eigenvalue weighted by atomic mass is 10.1. The highest BCUT2D eigenvalue weighted by Crippen LogP contribution is 2.33. The highest BCUT2D eigenvalue weighted by atomic mass is 16.5. The monoisotopic (exact) mass is 467 g/mol. The maximum Gasteiger partial charge on any atom is 0.329 e. The molecule has 0 aromatic heterocycles. The summed E-state index contributed by atoms with van der Waals surface area (Å²) in [7, 11) is 1.21. The van der Waals surface area contributed by atoms with Crippen molar-refractivity contribution in [1.82, 2.24) is 9.80 Å². The molecule has 1 saturated heterocycles. The molecule has 9 heteroatoms. The molecule has 4 rings (SSSR count). The number of nitrogens with zero attached hydrogens (tertiary/aromatic N) is 2. The normalized spacial score (nSPS) is 16.7. The van der Waals surface area contributed by atoms with Gasteiger partial charge in [-0.3, -0.25) is 14.5 Å². The smallest absolute Gasteiger partial charge is 0.329 e. The van der Waals surface area contributed by atoms with Crippen LogP contribution in [0.5, 0.6) is 5.75 Å². The molecule has 1 fully saturated rings. The molecule has 180 valence electrons. The number of esters is 1. The van der Waals surface area contributed by atoms with E-state index in [1.165, 1.54) is 17.6 Å². The van der Waals surface area contributed by atoms with Gasteiger partial charge in [0.25, 0.3) is 5.91 Å². The number of primary amides is 1. The van der Waals surface area contributed by atoms with Crippen molar-refractivity contribution in [3.05, 3.63) is 64.7 Å². The molecule has 1 atom stereocenters. The van der Waals surface area contributed by atoms with Crippen molar-refractivity contribution < 1.29 is 28.6 Å². The minimum absolute atomic E-state index is 0.135. The van der Waals surface area contributed by atoms with Gasteiger partial charge in [0, 0.05) is 30.8 Å². The maximum absolute atomic E-state index is 13.0. The lowest BCUT2D eigenvalue weighted by Crippen LogP contribution is -2.44. The summed E-state index contributed by atoms with van der Waals surface area (Å²) >= 11 is 0. The van der Waals surface area contributed by atoms with Crippen molar-refractivity contribution in [2.24, 2.45) is 5.73 Å². The zero-order valence-electron chi connectivity index (χ0n) is 19.2. The van der Waals surface area contributed by atoms with Crippen molar-refractivity contribution in [2.45, 2.75) is 32.2 Å². The van der Waals surface area contributed by atoms with E-state index < -0.39 is 17.9 Å². The second-order valence-electron chi connectivity index (χ2n) is 8.42. The van der Waals surface area contributed by atoms with Crippen LogP contribution in [-0.4, -0.2) is 67.0 Å². The molecule has 0 bridgehead atoms. The number of carbonyl (C=O) groups excluding carboxylic acids is 3. The van der Waals surface area contributed by atoms with E-state index in [1.54, 1.807) is 18.2 Å². The Balaban J connectivity index is 1.42. The summed E-state index contributed by atoms with van der Waals surface area (Å²) in [5, 5.41) is 0. The first kappa shape index (κ1) is 23.7. The van der Waals surface area contributed by atoms with E-state index in [4.69, 9.17) is 19.9 Å². The van der Waals surface area contributed by atoms with Crippen LogP contribution in [0.2, 0.25) is 0 Å². The van der Waals surface area contributed by atoms with Crippen molar-refractivity contribution in [3.63, 3.8) is 0 Å². The zero-order valence-corrected chi connectivity index (χ0v) is 19.2. The second-order valence-corrected chi connectivity index (χ2v) is 8.42. The summed E-state index contributed by atoms with van der Waals surface area (Å²) in [4.78, 5) is 40.3. The van der Waals surface area contributed by atoms with Gasteiger partial charge in [-0.25, -0.2) is 4.79 Å². The van der Waals surface area contributed by atoms with E-state index in [0.717, 1.165) is 38.4 Å². The minimum Gasteiger partial charge on any atom is -0.489 e. The summed E-state index contributed by atoms with van der Waals surface area (Å²) in [5.41, 5.74) is 8.65. The number of ether oxygens (including phenoxy) is 3. The van der Waals surface area contributed by atoms with Crippen LogP contribution in [-0.2, 0) is 38.8 Å². The van der Waals surface area contributed by atoms with Gasteiger partial charge in [-0.05, 0) is 23.3 Å². The number of amides is 2. The van der Waals surface area contributed by atoms with E-state index >= 15 is 0 Å². The van der Waals surface area contributed by atoms with Gasteiger partial charge in [0.15, 0.2) is 0 Å². The third-order valence-electron chi connectivity index (χ3n) is 6.12. The van der Waals surface area contributed by atoms with E-state index in [2.05, 4.69) is 17.0 Å². The molecule has 0 aliphatic carbocycles. The summed E-state index contributed by atoms with van der Waals surface area (Å²) < 4.78 is 16.2. The van der Waals surface area contributed by atoms with Gasteiger partial charge < -0.3 is 24.8 Å². The second kappa shape index (κ2) is 10.7. The predicted molar refractivity (Wildman–Crippen MR) is 123 cm³/mol. The molecule has 2 amide bonds. The fourth-order valence-corrected chi connectivity index (χ4v) is 4.28. The summed E-state index contributed by atoms with van der Waals surface area (Å²) in [6, 6.07) is 12.4. The summed E-state index contributed by atoms with van der Waals surface area (Å²) in [5.74, 6) is -1.16. The van der Waals surface area contributed by atoms with Crippen LogP contribution in [0.3, 0.4) is 0 Å². The van der Waals surface area contributed by atoms with E-state index in [0.29, 0.717) is 23.5 Å². The number of morpholine rings is 1. The lowest BCUT2D eigenvalue weighted by Gasteiger charge is -2.26. The molecule has 2 N–H and O–H groups in total. The molecule has 2 aliphatic heterocycles. The highest BCUT2D eigenvalue weighted by molar-refractivity contribution is 6.02. The average Bonchev–Trinajstić information content (AvgIpc) is 3.19. The lowest BCUT2D eigenvalue weighted by molar-refractivity contribution is -0.147. The zero-order chi connectivity index (χ0) is 24.1. The number of nitrogens with two attached hydrogens (primary N) is 1. The van der Waals surface area contributed by atoms with Gasteiger partial charge >= 0.3 is 5.97 Å². The molecule has 2 aliphatic rings. The SMILES string of the molecule is COC(=O)C(CC(N)=O)N1Cc2c(OCc3ccc(CN4CCOCC4)cc3)cccc2C1=O. The summed E-state index contributed by atoms with van der Waals surface area (Å²) in [6.07, 6.45) is -0.306. The topological polar surface area (TPSA) is 111 Å². The molecule has 2 aromatic rings. The van der Waals surface area contributed by atoms with Crippen LogP contribution in [0.15, 0.2) is 42.5 Å². The first-order valence-corrected chi connectivity index (χ1v) is 11.3. The number of fused-ring (bicyclic) bond motifs is 1. The fourth-order valence-electron chi connectivity index (χ4n) is 4.28. The fraction of sp³-hybridized carbons (Fsp3) is 0.400. The Bertz CT molecular complexity index is 1050. The van der Waals surface area contributed by atoms with Crippen molar-refractivity contribution in [3.8, 4) is 5.75 Å². The van der Waals surface area contributed by atoms with Crippen molar-refractivity contribution in [1.29, 1.82) is 0 Å². The quantitative estimate of drug-likeness (QED) is 0.556. The van der Waals surface area contributed by atoms with Crippen LogP contribution in [0.25, 0.3) is 0 Å². The Hall–Kier alpha value is -3.43. The van der Waals surface area contributed by atoms with Gasteiger partial charge in [0.1, 0.15) is 18.4 Å². The molecule has 0 radical (unpaired) electrons. The number of hydrogen-bond acceptors (Lipinski definition) is 7. The molecule has 2 heterocycles. The Morgan fingerprint density at radius 1 is 1.09 bits per heavy atom. The third kappa shape index (κ3) is 5.37. The number of carbonyl (C=O) groups is 3. The van der Waals surface area contributed by atoms with Crippen LogP contribution in [0.4, 0.5) is 0 Å². The molecular weight excluding hydrogens is 438 g/mol. The Morgan fingerprint density at radius 3 is 2.47 bits per heavy atom. The first-order chi connectivity index (χ1) is 16.5. The number of methoxy groups -OCH3 is 1. The van der Waals surface area contributed by atoms with Crippen LogP contribution >= 0.6 is 0 Å². The standard InChI is InChI=1S/C25H29N3O6/c1-32-25(31)21(13-23(26)29)28-15-20-19(24(28)30)3-2-4-22(20)34-16-18-7-5-17(6-8-18)14-27-9-11-33-12-10-27/h2-8,21H,9-16H2,1H3,(H2,26,29). The van der Waals surface area contributed by atoms with Crippen molar-refractivity contribution >= 4 is 17.8 Å². The molecule has 1 unspecified atom stereocenters. The molecular formula is C25H29N3O6. The van der Waals surface area contributed by atoms with E-state index in [9.17, 15) is 14.4 Å². The van der Waals surface area contributed by atoms with Crippen LogP contribution < -0.4 is 10.5 Å². The number of hydrogen-bond donors (Lipinski definition) is 1. The Morgan fingerprint density at radius 2 is 1.79 bits per heavy atom. The minimum atomic E-state index is -1.07. The van der Waals surface area contributed by atoms with Crippen LogP contribution in [0.1, 0.15) is 33.5 Å². The van der Waals surface area contributed by atoms with Crippen molar-refractivity contribution in [2.75, 3.05) is 33.4 Å². The van der Waals surface area contributed by atoms with E-state index in [1.807, 2.05) is 12.1 Å². The first-order valence-electron chi connectivity index (χ1n) is 11.3.